The summed E-state index contributed by atoms with van der Waals surface area (Å²) < 4.78 is 0. The molecule has 4 nitrogen and oxygen atoms in total. The molecule has 1 rings (SSSR count). The Hall–Kier alpha value is -0.680. The van der Waals surface area contributed by atoms with Crippen molar-refractivity contribution in [1.82, 2.24) is 9.97 Å². The van der Waals surface area contributed by atoms with Gasteiger partial charge in [-0.3, -0.25) is 0 Å². The number of rotatable bonds is 8. The normalized spacial score (nSPS) is 10.3. The molecule has 1 heterocycles. The number of anilines is 2. The molecule has 0 aromatic carbocycles. The van der Waals surface area contributed by atoms with E-state index in [0.29, 0.717) is 16.8 Å². The van der Waals surface area contributed by atoms with Crippen LogP contribution in [0.3, 0.4) is 0 Å². The Morgan fingerprint density at radius 2 is 2.18 bits per heavy atom. The number of nitrogens with one attached hydrogen (secondary N) is 2. The average Bonchev–Trinajstić information content (AvgIpc) is 2.33. The molecule has 0 bridgehead atoms. The van der Waals surface area contributed by atoms with Crippen LogP contribution in [0, 0.1) is 0 Å². The third-order valence-corrected chi connectivity index (χ3v) is 3.12. The van der Waals surface area contributed by atoms with E-state index in [1.165, 1.54) is 12.2 Å². The van der Waals surface area contributed by atoms with Crippen molar-refractivity contribution in [1.29, 1.82) is 0 Å². The molecule has 0 radical (unpaired) electrons. The van der Waals surface area contributed by atoms with E-state index in [1.54, 1.807) is 6.20 Å². The van der Waals surface area contributed by atoms with Crippen LogP contribution in [-0.4, -0.2) is 35.1 Å². The number of hydrogen-bond donors (Lipinski definition) is 2. The largest absolute Gasteiger partial charge is 0.369 e. The average molecular weight is 275 g/mol. The molecule has 0 aliphatic heterocycles. The van der Waals surface area contributed by atoms with Gasteiger partial charge in [-0.05, 0) is 31.8 Å². The summed E-state index contributed by atoms with van der Waals surface area (Å²) in [5.74, 6) is 2.52. The van der Waals surface area contributed by atoms with Crippen molar-refractivity contribution in [3.8, 4) is 0 Å². The van der Waals surface area contributed by atoms with Gasteiger partial charge in [0.2, 0.25) is 5.95 Å². The van der Waals surface area contributed by atoms with Crippen LogP contribution in [0.1, 0.15) is 19.8 Å². The van der Waals surface area contributed by atoms with E-state index in [1.807, 2.05) is 18.7 Å². The van der Waals surface area contributed by atoms with Crippen LogP contribution in [-0.2, 0) is 0 Å². The first-order valence-corrected chi connectivity index (χ1v) is 7.54. The third-order valence-electron chi connectivity index (χ3n) is 2.15. The fourth-order valence-corrected chi connectivity index (χ4v) is 1.96. The second-order valence-electron chi connectivity index (χ2n) is 3.55. The van der Waals surface area contributed by atoms with Gasteiger partial charge in [0, 0.05) is 13.1 Å². The molecule has 0 atom stereocenters. The molecule has 0 aliphatic rings. The van der Waals surface area contributed by atoms with Gasteiger partial charge < -0.3 is 10.6 Å². The first-order chi connectivity index (χ1) is 8.27. The maximum absolute atomic E-state index is 6.02. The molecule has 0 saturated carbocycles. The fourth-order valence-electron chi connectivity index (χ4n) is 1.31. The minimum Gasteiger partial charge on any atom is -0.369 e. The van der Waals surface area contributed by atoms with Crippen molar-refractivity contribution < 1.29 is 0 Å². The third kappa shape index (κ3) is 5.46. The molecule has 0 saturated heterocycles. The maximum atomic E-state index is 6.02. The lowest BCUT2D eigenvalue weighted by molar-refractivity contribution is 0.839. The molecule has 6 heteroatoms. The smallest absolute Gasteiger partial charge is 0.224 e. The summed E-state index contributed by atoms with van der Waals surface area (Å²) in [4.78, 5) is 8.40. The number of unbranched alkanes of at least 4 members (excludes halogenated alkanes) is 1. The minimum absolute atomic E-state index is 0.566. The topological polar surface area (TPSA) is 49.8 Å². The molecule has 0 spiro atoms. The van der Waals surface area contributed by atoms with Gasteiger partial charge in [0.05, 0.1) is 6.20 Å². The molecular formula is C11H19ClN4S. The molecule has 2 N–H and O–H groups in total. The van der Waals surface area contributed by atoms with E-state index in [-0.39, 0.29) is 0 Å². The Labute approximate surface area is 112 Å². The van der Waals surface area contributed by atoms with E-state index >= 15 is 0 Å². The van der Waals surface area contributed by atoms with Gasteiger partial charge in [-0.2, -0.15) is 16.7 Å². The number of halogens is 1. The second kappa shape index (κ2) is 8.42. The van der Waals surface area contributed by atoms with E-state index in [9.17, 15) is 0 Å². The Kier molecular flexibility index (Phi) is 7.12. The predicted molar refractivity (Wildman–Crippen MR) is 77.3 cm³/mol. The van der Waals surface area contributed by atoms with Crippen molar-refractivity contribution in [2.75, 3.05) is 35.7 Å². The van der Waals surface area contributed by atoms with Gasteiger partial charge in [-0.25, -0.2) is 4.98 Å². The first-order valence-electron chi connectivity index (χ1n) is 5.77. The van der Waals surface area contributed by atoms with Gasteiger partial charge in [0.15, 0.2) is 0 Å². The van der Waals surface area contributed by atoms with Crippen LogP contribution in [0.4, 0.5) is 11.8 Å². The Bertz CT molecular complexity index is 335. The zero-order valence-corrected chi connectivity index (χ0v) is 11.9. The van der Waals surface area contributed by atoms with Crippen LogP contribution < -0.4 is 10.6 Å². The Morgan fingerprint density at radius 3 is 2.88 bits per heavy atom. The summed E-state index contributed by atoms with van der Waals surface area (Å²) >= 11 is 7.89. The summed E-state index contributed by atoms with van der Waals surface area (Å²) in [5, 5.41) is 6.87. The van der Waals surface area contributed by atoms with Crippen LogP contribution in [0.5, 0.6) is 0 Å². The lowest BCUT2D eigenvalue weighted by atomic mass is 10.3. The van der Waals surface area contributed by atoms with Crippen molar-refractivity contribution >= 4 is 35.1 Å². The van der Waals surface area contributed by atoms with Crippen LogP contribution in [0.25, 0.3) is 0 Å². The highest BCUT2D eigenvalue weighted by molar-refractivity contribution is 7.98. The maximum Gasteiger partial charge on any atom is 0.224 e. The predicted octanol–water partition coefficient (Wildman–Crippen LogP) is 3.12. The fraction of sp³-hybridized carbons (Fsp3) is 0.636. The highest BCUT2D eigenvalue weighted by Gasteiger charge is 2.03. The summed E-state index contributed by atoms with van der Waals surface area (Å²) in [6.45, 7) is 3.70. The quantitative estimate of drug-likeness (QED) is 0.714. The van der Waals surface area contributed by atoms with Crippen LogP contribution in [0.15, 0.2) is 6.20 Å². The highest BCUT2D eigenvalue weighted by atomic mass is 35.5. The van der Waals surface area contributed by atoms with Crippen LogP contribution >= 0.6 is 23.4 Å². The zero-order valence-electron chi connectivity index (χ0n) is 10.3. The SMILES string of the molecule is CCNc1ncc(Cl)c(NCCCCSC)n1. The summed E-state index contributed by atoms with van der Waals surface area (Å²) in [7, 11) is 0. The summed E-state index contributed by atoms with van der Waals surface area (Å²) in [6, 6.07) is 0. The second-order valence-corrected chi connectivity index (χ2v) is 4.94. The molecule has 96 valence electrons. The van der Waals surface area contributed by atoms with Crippen molar-refractivity contribution in [2.24, 2.45) is 0 Å². The van der Waals surface area contributed by atoms with Gasteiger partial charge >= 0.3 is 0 Å². The van der Waals surface area contributed by atoms with E-state index in [2.05, 4.69) is 26.9 Å². The van der Waals surface area contributed by atoms with Gasteiger partial charge in [0.1, 0.15) is 10.8 Å². The molecule has 17 heavy (non-hydrogen) atoms. The standard InChI is InChI=1S/C11H19ClN4S/c1-3-13-11-15-8-9(12)10(16-11)14-6-4-5-7-17-2/h8H,3-7H2,1-2H3,(H2,13,14,15,16). The van der Waals surface area contributed by atoms with Gasteiger partial charge in [-0.1, -0.05) is 11.6 Å². The molecule has 0 fully saturated rings. The summed E-state index contributed by atoms with van der Waals surface area (Å²) in [6.07, 6.45) is 6.07. The monoisotopic (exact) mass is 274 g/mol. The Morgan fingerprint density at radius 1 is 1.35 bits per heavy atom. The van der Waals surface area contributed by atoms with E-state index in [0.717, 1.165) is 19.5 Å². The zero-order chi connectivity index (χ0) is 12.5. The number of hydrogen-bond acceptors (Lipinski definition) is 5. The van der Waals surface area contributed by atoms with Crippen molar-refractivity contribution in [3.63, 3.8) is 0 Å². The number of thioether (sulfide) groups is 1. The van der Waals surface area contributed by atoms with E-state index < -0.39 is 0 Å². The molecule has 1 aromatic heterocycles. The lowest BCUT2D eigenvalue weighted by Gasteiger charge is -2.08. The molecule has 1 aromatic rings. The van der Waals surface area contributed by atoms with Gasteiger partial charge in [0.25, 0.3) is 0 Å². The molecule has 0 amide bonds. The van der Waals surface area contributed by atoms with Crippen LogP contribution in [0.2, 0.25) is 5.02 Å². The molecule has 0 unspecified atom stereocenters. The summed E-state index contributed by atoms with van der Waals surface area (Å²) in [5.41, 5.74) is 0. The van der Waals surface area contributed by atoms with Gasteiger partial charge in [-0.15, -0.1) is 0 Å². The molecule has 0 aliphatic carbocycles. The van der Waals surface area contributed by atoms with Crippen molar-refractivity contribution in [3.05, 3.63) is 11.2 Å². The lowest BCUT2D eigenvalue weighted by Crippen LogP contribution is -2.08. The highest BCUT2D eigenvalue weighted by Crippen LogP contribution is 2.19. The first kappa shape index (κ1) is 14.4. The van der Waals surface area contributed by atoms with Crippen molar-refractivity contribution in [2.45, 2.75) is 19.8 Å². The van der Waals surface area contributed by atoms with E-state index in [4.69, 9.17) is 11.6 Å². The molecular weight excluding hydrogens is 256 g/mol. The Balaban J connectivity index is 2.42. The number of nitrogens with zero attached hydrogens (tertiary/aromatic N) is 2. The minimum atomic E-state index is 0.566. The number of aromatic nitrogens is 2.